The Balaban J connectivity index is 2.16. The van der Waals surface area contributed by atoms with Crippen LogP contribution in [-0.4, -0.2) is 10.1 Å². The second kappa shape index (κ2) is 6.95. The lowest BCUT2D eigenvalue weighted by Gasteiger charge is -2.17. The Morgan fingerprint density at radius 2 is 1.66 bits per heavy atom. The number of aromatic nitrogens is 1. The lowest BCUT2D eigenvalue weighted by Crippen LogP contribution is -2.07. The number of benzene rings is 3. The Kier molecular flexibility index (Phi) is 4.44. The van der Waals surface area contributed by atoms with Crippen molar-refractivity contribution in [1.82, 2.24) is 4.98 Å². The van der Waals surface area contributed by atoms with Crippen molar-refractivity contribution in [2.24, 2.45) is 0 Å². The highest BCUT2D eigenvalue weighted by atomic mass is 19.4. The van der Waals surface area contributed by atoms with Crippen molar-refractivity contribution >= 4 is 10.9 Å². The summed E-state index contributed by atoms with van der Waals surface area (Å²) < 4.78 is 40.6. The van der Waals surface area contributed by atoms with Crippen molar-refractivity contribution in [1.29, 1.82) is 5.26 Å². The second-order valence-electron chi connectivity index (χ2n) is 6.45. The first kappa shape index (κ1) is 18.5. The number of alkyl halides is 3. The first-order valence-electron chi connectivity index (χ1n) is 8.68. The molecule has 0 fully saturated rings. The van der Waals surface area contributed by atoms with E-state index in [-0.39, 0.29) is 16.7 Å². The van der Waals surface area contributed by atoms with Crippen LogP contribution in [0.25, 0.3) is 33.2 Å². The van der Waals surface area contributed by atoms with Crippen molar-refractivity contribution in [2.45, 2.75) is 6.18 Å². The van der Waals surface area contributed by atoms with E-state index >= 15 is 0 Å². The molecule has 0 atom stereocenters. The molecular weight excluding hydrogens is 377 g/mol. The molecule has 0 saturated carbocycles. The molecule has 4 aromatic rings. The van der Waals surface area contributed by atoms with Crippen molar-refractivity contribution in [2.75, 3.05) is 0 Å². The van der Waals surface area contributed by atoms with Crippen LogP contribution in [0.5, 0.6) is 5.75 Å². The molecule has 1 heterocycles. The highest BCUT2D eigenvalue weighted by Gasteiger charge is 2.33. The number of nitriles is 1. The van der Waals surface area contributed by atoms with Gasteiger partial charge in [-0.1, -0.05) is 42.5 Å². The predicted molar refractivity (Wildman–Crippen MR) is 104 cm³/mol. The number of para-hydroxylation sites is 1. The van der Waals surface area contributed by atoms with Crippen LogP contribution >= 0.6 is 0 Å². The van der Waals surface area contributed by atoms with Crippen LogP contribution in [-0.2, 0) is 6.18 Å². The van der Waals surface area contributed by atoms with Gasteiger partial charge in [-0.3, -0.25) is 4.98 Å². The van der Waals surface area contributed by atoms with Gasteiger partial charge in [-0.05, 0) is 29.8 Å². The standard InChI is InChI=1S/C23H13F3N2O/c24-23(25,26)20-10-4-9-18-21(14-6-3-7-16(29)11-14)19(13-28-22(18)20)17-8-2-1-5-15(17)12-27/h1-11,13,29H. The number of halogens is 3. The molecule has 142 valence electrons. The molecule has 0 aliphatic rings. The van der Waals surface area contributed by atoms with Gasteiger partial charge in [-0.15, -0.1) is 0 Å². The first-order valence-corrected chi connectivity index (χ1v) is 8.68. The number of aromatic hydroxyl groups is 1. The van der Waals surface area contributed by atoms with E-state index in [4.69, 9.17) is 0 Å². The summed E-state index contributed by atoms with van der Waals surface area (Å²) in [5.74, 6) is -0.0149. The lowest BCUT2D eigenvalue weighted by atomic mass is 9.90. The maximum atomic E-state index is 13.5. The van der Waals surface area contributed by atoms with E-state index in [1.807, 2.05) is 0 Å². The number of rotatable bonds is 2. The zero-order chi connectivity index (χ0) is 20.6. The van der Waals surface area contributed by atoms with Gasteiger partial charge in [0.05, 0.1) is 22.7 Å². The highest BCUT2D eigenvalue weighted by molar-refractivity contribution is 6.04. The Hall–Kier alpha value is -3.85. The summed E-state index contributed by atoms with van der Waals surface area (Å²) in [6.45, 7) is 0. The quantitative estimate of drug-likeness (QED) is 0.446. The van der Waals surface area contributed by atoms with E-state index in [0.717, 1.165) is 6.07 Å². The largest absolute Gasteiger partial charge is 0.508 e. The molecule has 0 saturated heterocycles. The van der Waals surface area contributed by atoms with Crippen LogP contribution < -0.4 is 0 Å². The molecule has 0 amide bonds. The second-order valence-corrected chi connectivity index (χ2v) is 6.45. The minimum atomic E-state index is -4.56. The molecule has 3 aromatic carbocycles. The highest BCUT2D eigenvalue weighted by Crippen LogP contribution is 2.42. The molecule has 0 radical (unpaired) electrons. The van der Waals surface area contributed by atoms with Gasteiger partial charge in [-0.2, -0.15) is 18.4 Å². The molecule has 1 aromatic heterocycles. The zero-order valence-electron chi connectivity index (χ0n) is 14.9. The van der Waals surface area contributed by atoms with Crippen molar-refractivity contribution in [3.63, 3.8) is 0 Å². The maximum Gasteiger partial charge on any atom is 0.418 e. The predicted octanol–water partition coefficient (Wildman–Crippen LogP) is 6.16. The van der Waals surface area contributed by atoms with E-state index in [1.165, 1.54) is 24.4 Å². The number of nitrogens with zero attached hydrogens (tertiary/aromatic N) is 2. The Labute approximate surface area is 164 Å². The van der Waals surface area contributed by atoms with Gasteiger partial charge in [0.25, 0.3) is 0 Å². The van der Waals surface area contributed by atoms with Crippen LogP contribution in [0.2, 0.25) is 0 Å². The fourth-order valence-electron chi connectivity index (χ4n) is 3.44. The van der Waals surface area contributed by atoms with Crippen molar-refractivity contribution < 1.29 is 18.3 Å². The summed E-state index contributed by atoms with van der Waals surface area (Å²) >= 11 is 0. The Morgan fingerprint density at radius 3 is 2.38 bits per heavy atom. The smallest absolute Gasteiger partial charge is 0.418 e. The molecule has 0 spiro atoms. The van der Waals surface area contributed by atoms with Gasteiger partial charge in [0.2, 0.25) is 0 Å². The average molecular weight is 390 g/mol. The molecule has 3 nitrogen and oxygen atoms in total. The van der Waals surface area contributed by atoms with Gasteiger partial charge in [0, 0.05) is 28.3 Å². The number of pyridine rings is 1. The SMILES string of the molecule is N#Cc1ccccc1-c1cnc2c(C(F)(F)F)cccc2c1-c1cccc(O)c1. The van der Waals surface area contributed by atoms with Crippen LogP contribution in [0, 0.1) is 11.3 Å². The molecule has 0 bridgehead atoms. The third-order valence-corrected chi connectivity index (χ3v) is 4.68. The van der Waals surface area contributed by atoms with Gasteiger partial charge >= 0.3 is 6.18 Å². The summed E-state index contributed by atoms with van der Waals surface area (Å²) in [5, 5.41) is 19.7. The van der Waals surface area contributed by atoms with E-state index in [9.17, 15) is 23.5 Å². The molecule has 0 aliphatic carbocycles. The lowest BCUT2D eigenvalue weighted by molar-refractivity contribution is -0.136. The number of phenols is 1. The fraction of sp³-hybridized carbons (Fsp3) is 0.0435. The fourth-order valence-corrected chi connectivity index (χ4v) is 3.44. The van der Waals surface area contributed by atoms with Gasteiger partial charge < -0.3 is 5.11 Å². The molecule has 6 heteroatoms. The van der Waals surface area contributed by atoms with Crippen LogP contribution in [0.4, 0.5) is 13.2 Å². The maximum absolute atomic E-state index is 13.5. The summed E-state index contributed by atoms with van der Waals surface area (Å²) in [6, 6.07) is 19.1. The third-order valence-electron chi connectivity index (χ3n) is 4.68. The van der Waals surface area contributed by atoms with Gasteiger partial charge in [-0.25, -0.2) is 0 Å². The molecule has 0 aliphatic heterocycles. The van der Waals surface area contributed by atoms with Crippen molar-refractivity contribution in [3.05, 3.63) is 84.1 Å². The van der Waals surface area contributed by atoms with Crippen molar-refractivity contribution in [3.8, 4) is 34.1 Å². The minimum absolute atomic E-state index is 0.0149. The zero-order valence-corrected chi connectivity index (χ0v) is 14.9. The molecular formula is C23H13F3N2O. The number of hydrogen-bond acceptors (Lipinski definition) is 3. The molecule has 29 heavy (non-hydrogen) atoms. The van der Waals surface area contributed by atoms with E-state index in [2.05, 4.69) is 11.1 Å². The average Bonchev–Trinajstić information content (AvgIpc) is 2.71. The number of fused-ring (bicyclic) bond motifs is 1. The Morgan fingerprint density at radius 1 is 0.897 bits per heavy atom. The van der Waals surface area contributed by atoms with Crippen LogP contribution in [0.1, 0.15) is 11.1 Å². The number of phenolic OH excluding ortho intramolecular Hbond substituents is 1. The topological polar surface area (TPSA) is 56.9 Å². The monoisotopic (exact) mass is 390 g/mol. The van der Waals surface area contributed by atoms with Crippen LogP contribution in [0.15, 0.2) is 72.9 Å². The van der Waals surface area contributed by atoms with E-state index < -0.39 is 11.7 Å². The van der Waals surface area contributed by atoms with E-state index in [1.54, 1.807) is 42.5 Å². The number of hydrogen-bond donors (Lipinski definition) is 1. The molecule has 1 N–H and O–H groups in total. The Bertz CT molecular complexity index is 1270. The summed E-state index contributed by atoms with van der Waals surface area (Å²) in [5.41, 5.74) is 1.42. The van der Waals surface area contributed by atoms with Gasteiger partial charge in [0.15, 0.2) is 0 Å². The molecule has 4 rings (SSSR count). The van der Waals surface area contributed by atoms with Gasteiger partial charge in [0.1, 0.15) is 5.75 Å². The first-order chi connectivity index (χ1) is 13.9. The van der Waals surface area contributed by atoms with E-state index in [0.29, 0.717) is 27.8 Å². The summed E-state index contributed by atoms with van der Waals surface area (Å²) in [6.07, 6.45) is -3.21. The summed E-state index contributed by atoms with van der Waals surface area (Å²) in [4.78, 5) is 4.12. The third kappa shape index (κ3) is 3.27. The normalized spacial score (nSPS) is 11.4. The van der Waals surface area contributed by atoms with Crippen LogP contribution in [0.3, 0.4) is 0 Å². The molecule has 0 unspecified atom stereocenters. The summed E-state index contributed by atoms with van der Waals surface area (Å²) in [7, 11) is 0. The minimum Gasteiger partial charge on any atom is -0.508 e.